The van der Waals surface area contributed by atoms with Crippen molar-refractivity contribution in [1.82, 2.24) is 4.90 Å². The van der Waals surface area contributed by atoms with Gasteiger partial charge in [-0.25, -0.2) is 0 Å². The molecule has 3 aromatic carbocycles. The number of likely N-dealkylation sites (tertiary alicyclic amines) is 1. The number of Topliss-reactive ketones (excluding diaryl/α,β-unsaturated/α-hetero) is 1. The van der Waals surface area contributed by atoms with Crippen molar-refractivity contribution in [3.63, 3.8) is 0 Å². The van der Waals surface area contributed by atoms with E-state index in [1.807, 2.05) is 61.5 Å². The Balaban J connectivity index is 1.87. The largest absolute Gasteiger partial charge is 0.507 e. The van der Waals surface area contributed by atoms with Gasteiger partial charge in [0.05, 0.1) is 32.4 Å². The quantitative estimate of drug-likeness (QED) is 0.341. The van der Waals surface area contributed by atoms with E-state index >= 15 is 0 Å². The van der Waals surface area contributed by atoms with Crippen LogP contribution >= 0.6 is 0 Å². The summed E-state index contributed by atoms with van der Waals surface area (Å²) in [4.78, 5) is 27.9. The molecular weight excluding hydrogens is 418 g/mol. The van der Waals surface area contributed by atoms with Crippen molar-refractivity contribution >= 4 is 17.4 Å². The van der Waals surface area contributed by atoms with Crippen molar-refractivity contribution in [2.75, 3.05) is 14.2 Å². The van der Waals surface area contributed by atoms with E-state index in [-0.39, 0.29) is 17.9 Å². The molecule has 0 bridgehead atoms. The minimum absolute atomic E-state index is 0.0642. The van der Waals surface area contributed by atoms with Crippen LogP contribution < -0.4 is 9.47 Å². The first kappa shape index (κ1) is 22.1. The van der Waals surface area contributed by atoms with Gasteiger partial charge in [-0.2, -0.15) is 0 Å². The molecule has 1 N–H and O–H groups in total. The summed E-state index contributed by atoms with van der Waals surface area (Å²) in [5, 5.41) is 11.3. The summed E-state index contributed by atoms with van der Waals surface area (Å²) in [5.74, 6) is -0.323. The second kappa shape index (κ2) is 9.20. The first-order valence-electron chi connectivity index (χ1n) is 10.6. The smallest absolute Gasteiger partial charge is 0.295 e. The summed E-state index contributed by atoms with van der Waals surface area (Å²) in [6.45, 7) is 1.98. The third-order valence-corrected chi connectivity index (χ3v) is 5.88. The number of ether oxygens (including phenoxy) is 2. The predicted octanol–water partition coefficient (Wildman–Crippen LogP) is 4.63. The Labute approximate surface area is 192 Å². The second-order valence-corrected chi connectivity index (χ2v) is 7.83. The van der Waals surface area contributed by atoms with Crippen molar-refractivity contribution in [2.24, 2.45) is 0 Å². The fourth-order valence-corrected chi connectivity index (χ4v) is 4.22. The van der Waals surface area contributed by atoms with Crippen molar-refractivity contribution in [2.45, 2.75) is 19.5 Å². The zero-order chi connectivity index (χ0) is 23.5. The van der Waals surface area contributed by atoms with E-state index in [4.69, 9.17) is 9.47 Å². The average Bonchev–Trinajstić information content (AvgIpc) is 3.09. The molecule has 1 saturated heterocycles. The fraction of sp³-hybridized carbons (Fsp3) is 0.185. The zero-order valence-electron chi connectivity index (χ0n) is 18.7. The Morgan fingerprint density at radius 3 is 2.30 bits per heavy atom. The molecule has 6 nitrogen and oxygen atoms in total. The van der Waals surface area contributed by atoms with Gasteiger partial charge in [-0.3, -0.25) is 9.59 Å². The number of rotatable bonds is 6. The fourth-order valence-electron chi connectivity index (χ4n) is 4.22. The third kappa shape index (κ3) is 4.07. The first-order valence-corrected chi connectivity index (χ1v) is 10.6. The summed E-state index contributed by atoms with van der Waals surface area (Å²) >= 11 is 0. The predicted molar refractivity (Wildman–Crippen MR) is 125 cm³/mol. The summed E-state index contributed by atoms with van der Waals surface area (Å²) in [5.41, 5.74) is 2.78. The number of para-hydroxylation sites is 1. The number of nitrogens with zero attached hydrogens (tertiary/aromatic N) is 1. The molecule has 3 aromatic rings. The van der Waals surface area contributed by atoms with Gasteiger partial charge < -0.3 is 19.5 Å². The summed E-state index contributed by atoms with van der Waals surface area (Å²) in [6.07, 6.45) is 0. The van der Waals surface area contributed by atoms with Crippen LogP contribution in [0.4, 0.5) is 0 Å². The van der Waals surface area contributed by atoms with Crippen LogP contribution in [0.15, 0.2) is 78.4 Å². The molecule has 1 atom stereocenters. The van der Waals surface area contributed by atoms with Crippen LogP contribution in [-0.4, -0.2) is 35.9 Å². The summed E-state index contributed by atoms with van der Waals surface area (Å²) in [7, 11) is 3.13. The first-order chi connectivity index (χ1) is 16.0. The van der Waals surface area contributed by atoms with Crippen LogP contribution in [0.25, 0.3) is 5.76 Å². The number of aryl methyl sites for hydroxylation is 1. The molecule has 0 spiro atoms. The van der Waals surface area contributed by atoms with E-state index in [1.54, 1.807) is 32.4 Å². The lowest BCUT2D eigenvalue weighted by Gasteiger charge is -2.26. The van der Waals surface area contributed by atoms with Gasteiger partial charge in [0, 0.05) is 11.1 Å². The van der Waals surface area contributed by atoms with Crippen LogP contribution in [0.1, 0.15) is 28.3 Å². The van der Waals surface area contributed by atoms with Gasteiger partial charge in [-0.05, 0) is 42.3 Å². The second-order valence-electron chi connectivity index (χ2n) is 7.83. The standard InChI is InChI=1S/C27H25NO5/c1-17-15-20(32-2)13-14-21(17)25(29)23-24(18-9-5-4-6-10-18)28(27(31)26(23)30)16-19-11-7-8-12-22(19)33-3/h4-15,24,29H,16H2,1-3H3/b25-23-. The number of benzene rings is 3. The maximum absolute atomic E-state index is 13.2. The van der Waals surface area contributed by atoms with E-state index in [0.717, 1.165) is 16.7 Å². The van der Waals surface area contributed by atoms with Gasteiger partial charge in [0.2, 0.25) is 0 Å². The minimum atomic E-state index is -0.738. The van der Waals surface area contributed by atoms with Crippen molar-refractivity contribution in [3.8, 4) is 11.5 Å². The molecule has 0 saturated carbocycles. The molecule has 1 amide bonds. The molecule has 1 aliphatic heterocycles. The molecule has 1 heterocycles. The van der Waals surface area contributed by atoms with Crippen LogP contribution in [0.2, 0.25) is 0 Å². The van der Waals surface area contributed by atoms with Crippen molar-refractivity contribution in [1.29, 1.82) is 0 Å². The normalized spacial score (nSPS) is 17.3. The van der Waals surface area contributed by atoms with Crippen molar-refractivity contribution < 1.29 is 24.2 Å². The zero-order valence-corrected chi connectivity index (χ0v) is 18.7. The summed E-state index contributed by atoms with van der Waals surface area (Å²) in [6, 6.07) is 21.1. The molecule has 1 fully saturated rings. The number of hydrogen-bond acceptors (Lipinski definition) is 5. The monoisotopic (exact) mass is 443 g/mol. The number of carbonyl (C=O) groups excluding carboxylic acids is 2. The molecule has 0 aromatic heterocycles. The van der Waals surface area contributed by atoms with Crippen LogP contribution in [0.5, 0.6) is 11.5 Å². The Kier molecular flexibility index (Phi) is 6.18. The highest BCUT2D eigenvalue weighted by atomic mass is 16.5. The topological polar surface area (TPSA) is 76.1 Å². The van der Waals surface area contributed by atoms with Gasteiger partial charge >= 0.3 is 0 Å². The van der Waals surface area contributed by atoms with E-state index in [9.17, 15) is 14.7 Å². The van der Waals surface area contributed by atoms with Crippen LogP contribution in [0.3, 0.4) is 0 Å². The van der Waals surface area contributed by atoms with E-state index in [0.29, 0.717) is 17.1 Å². The van der Waals surface area contributed by atoms with Gasteiger partial charge in [-0.1, -0.05) is 48.5 Å². The maximum atomic E-state index is 13.2. The van der Waals surface area contributed by atoms with Gasteiger partial charge in [0.15, 0.2) is 0 Å². The van der Waals surface area contributed by atoms with Crippen LogP contribution in [-0.2, 0) is 16.1 Å². The molecule has 1 aliphatic rings. The Morgan fingerprint density at radius 2 is 1.64 bits per heavy atom. The van der Waals surface area contributed by atoms with E-state index < -0.39 is 17.7 Å². The van der Waals surface area contributed by atoms with Gasteiger partial charge in [-0.15, -0.1) is 0 Å². The number of methoxy groups -OCH3 is 2. The Bertz CT molecular complexity index is 1230. The minimum Gasteiger partial charge on any atom is -0.507 e. The molecule has 0 radical (unpaired) electrons. The maximum Gasteiger partial charge on any atom is 0.295 e. The van der Waals surface area contributed by atoms with Crippen LogP contribution in [0, 0.1) is 6.92 Å². The lowest BCUT2D eigenvalue weighted by molar-refractivity contribution is -0.140. The molecule has 1 unspecified atom stereocenters. The van der Waals surface area contributed by atoms with Gasteiger partial charge in [0.1, 0.15) is 17.3 Å². The average molecular weight is 443 g/mol. The number of amides is 1. The molecule has 4 rings (SSSR count). The number of carbonyl (C=O) groups is 2. The molecular formula is C27H25NO5. The number of aliphatic hydroxyl groups is 1. The van der Waals surface area contributed by atoms with E-state index in [1.165, 1.54) is 4.90 Å². The highest BCUT2D eigenvalue weighted by Gasteiger charge is 2.46. The number of aliphatic hydroxyl groups excluding tert-OH is 1. The lowest BCUT2D eigenvalue weighted by atomic mass is 9.94. The number of ketones is 1. The highest BCUT2D eigenvalue weighted by Crippen LogP contribution is 2.41. The van der Waals surface area contributed by atoms with Gasteiger partial charge in [0.25, 0.3) is 11.7 Å². The SMILES string of the molecule is COc1ccc(/C(O)=C2/C(=O)C(=O)N(Cc3ccccc3OC)C2c2ccccc2)c(C)c1. The van der Waals surface area contributed by atoms with E-state index in [2.05, 4.69) is 0 Å². The summed E-state index contributed by atoms with van der Waals surface area (Å²) < 4.78 is 10.7. The molecule has 0 aliphatic carbocycles. The lowest BCUT2D eigenvalue weighted by Crippen LogP contribution is -2.29. The highest BCUT2D eigenvalue weighted by molar-refractivity contribution is 6.46. The van der Waals surface area contributed by atoms with Crippen molar-refractivity contribution in [3.05, 3.63) is 101 Å². The number of hydrogen-bond donors (Lipinski definition) is 1. The Hall–Kier alpha value is -4.06. The Morgan fingerprint density at radius 1 is 0.939 bits per heavy atom. The molecule has 33 heavy (non-hydrogen) atoms. The third-order valence-electron chi connectivity index (χ3n) is 5.88. The molecule has 6 heteroatoms. The molecule has 168 valence electrons.